The van der Waals surface area contributed by atoms with Crippen LogP contribution in [-0.2, 0) is 22.7 Å². The fourth-order valence-corrected chi connectivity index (χ4v) is 4.70. The van der Waals surface area contributed by atoms with Crippen LogP contribution >= 0.6 is 0 Å². The van der Waals surface area contributed by atoms with Crippen molar-refractivity contribution < 1.29 is 14.4 Å². The Labute approximate surface area is 165 Å². The van der Waals surface area contributed by atoms with Gasteiger partial charge in [0.1, 0.15) is 6.04 Å². The van der Waals surface area contributed by atoms with Gasteiger partial charge in [0.25, 0.3) is 5.91 Å². The Morgan fingerprint density at radius 1 is 1.18 bits per heavy atom. The molecule has 2 fully saturated rings. The van der Waals surface area contributed by atoms with Crippen molar-refractivity contribution >= 4 is 17.7 Å². The third-order valence-electron chi connectivity index (χ3n) is 6.16. The van der Waals surface area contributed by atoms with Crippen LogP contribution in [0.5, 0.6) is 0 Å². The molecule has 3 aliphatic heterocycles. The van der Waals surface area contributed by atoms with Crippen LogP contribution in [0.25, 0.3) is 0 Å². The third kappa shape index (κ3) is 3.69. The van der Waals surface area contributed by atoms with Gasteiger partial charge in [-0.05, 0) is 50.0 Å². The molecule has 1 unspecified atom stereocenters. The molecule has 28 heavy (non-hydrogen) atoms. The molecule has 3 heterocycles. The van der Waals surface area contributed by atoms with E-state index in [9.17, 15) is 14.4 Å². The first-order chi connectivity index (χ1) is 13.6. The number of imide groups is 1. The number of likely N-dealkylation sites (N-methyl/N-ethyl adjacent to an activating group) is 1. The van der Waals surface area contributed by atoms with Gasteiger partial charge in [-0.15, -0.1) is 0 Å². The SMILES string of the molecule is CNC[C@@H]1CCCCN1Cc1ccc2c(c1)CN(C1CCC(=O)NC1=O)C2=O. The molecule has 0 spiro atoms. The van der Waals surface area contributed by atoms with Crippen LogP contribution in [-0.4, -0.2) is 59.7 Å². The van der Waals surface area contributed by atoms with Gasteiger partial charge in [0.2, 0.25) is 11.8 Å². The standard InChI is InChI=1S/C21H28N4O3/c1-22-11-16-4-2-3-9-24(16)12-14-5-6-17-15(10-14)13-25(21(17)28)18-7-8-19(26)23-20(18)27/h5-6,10,16,18,22H,2-4,7-9,11-13H2,1H3,(H,23,26,27)/t16-,18?/m0/s1. The largest absolute Gasteiger partial charge is 0.322 e. The second kappa shape index (κ2) is 8.01. The van der Waals surface area contributed by atoms with Crippen LogP contribution in [0.1, 0.15) is 53.6 Å². The summed E-state index contributed by atoms with van der Waals surface area (Å²) in [5.41, 5.74) is 2.87. The van der Waals surface area contributed by atoms with E-state index >= 15 is 0 Å². The lowest BCUT2D eigenvalue weighted by molar-refractivity contribution is -0.136. The number of carbonyl (C=O) groups is 3. The average Bonchev–Trinajstić information content (AvgIpc) is 2.99. The molecule has 2 atom stereocenters. The minimum Gasteiger partial charge on any atom is -0.322 e. The van der Waals surface area contributed by atoms with E-state index in [4.69, 9.17) is 0 Å². The molecule has 150 valence electrons. The molecule has 7 nitrogen and oxygen atoms in total. The number of likely N-dealkylation sites (tertiary alicyclic amines) is 1. The van der Waals surface area contributed by atoms with Crippen molar-refractivity contribution in [1.29, 1.82) is 0 Å². The van der Waals surface area contributed by atoms with Crippen LogP contribution in [0, 0.1) is 0 Å². The van der Waals surface area contributed by atoms with Crippen LogP contribution in [0.4, 0.5) is 0 Å². The summed E-state index contributed by atoms with van der Waals surface area (Å²) >= 11 is 0. The van der Waals surface area contributed by atoms with Gasteiger partial charge >= 0.3 is 0 Å². The molecule has 2 saturated heterocycles. The summed E-state index contributed by atoms with van der Waals surface area (Å²) < 4.78 is 0. The van der Waals surface area contributed by atoms with Gasteiger partial charge in [0, 0.05) is 37.7 Å². The molecule has 1 aromatic rings. The number of piperidine rings is 2. The number of carbonyl (C=O) groups excluding carboxylic acids is 3. The van der Waals surface area contributed by atoms with E-state index in [0.717, 1.165) is 25.2 Å². The molecule has 7 heteroatoms. The zero-order valence-electron chi connectivity index (χ0n) is 16.4. The average molecular weight is 384 g/mol. The van der Waals surface area contributed by atoms with Gasteiger partial charge in [0.05, 0.1) is 0 Å². The predicted molar refractivity (Wildman–Crippen MR) is 104 cm³/mol. The van der Waals surface area contributed by atoms with Crippen molar-refractivity contribution in [3.8, 4) is 0 Å². The highest BCUT2D eigenvalue weighted by atomic mass is 16.2. The lowest BCUT2D eigenvalue weighted by Crippen LogP contribution is -2.52. The van der Waals surface area contributed by atoms with Crippen molar-refractivity contribution in [3.05, 3.63) is 34.9 Å². The second-order valence-corrected chi connectivity index (χ2v) is 8.07. The first-order valence-electron chi connectivity index (χ1n) is 10.2. The number of amides is 3. The molecule has 3 amide bonds. The topological polar surface area (TPSA) is 81.8 Å². The Bertz CT molecular complexity index is 792. The maximum absolute atomic E-state index is 12.8. The Kier molecular flexibility index (Phi) is 5.46. The van der Waals surface area contributed by atoms with E-state index in [-0.39, 0.29) is 24.1 Å². The molecule has 0 radical (unpaired) electrons. The summed E-state index contributed by atoms with van der Waals surface area (Å²) in [4.78, 5) is 40.5. The zero-order chi connectivity index (χ0) is 19.7. The van der Waals surface area contributed by atoms with Gasteiger partial charge < -0.3 is 10.2 Å². The Morgan fingerprint density at radius 3 is 2.82 bits per heavy atom. The molecule has 3 aliphatic rings. The number of rotatable bonds is 5. The predicted octanol–water partition coefficient (Wildman–Crippen LogP) is 1.02. The van der Waals surface area contributed by atoms with E-state index in [2.05, 4.69) is 21.6 Å². The summed E-state index contributed by atoms with van der Waals surface area (Å²) in [7, 11) is 2.00. The van der Waals surface area contributed by atoms with Gasteiger partial charge in [0.15, 0.2) is 0 Å². The summed E-state index contributed by atoms with van der Waals surface area (Å²) in [5.74, 6) is -0.728. The van der Waals surface area contributed by atoms with E-state index in [0.29, 0.717) is 24.6 Å². The quantitative estimate of drug-likeness (QED) is 0.741. The number of fused-ring (bicyclic) bond motifs is 1. The van der Waals surface area contributed by atoms with Gasteiger partial charge in [-0.3, -0.25) is 24.6 Å². The number of benzene rings is 1. The number of hydrogen-bond donors (Lipinski definition) is 2. The zero-order valence-corrected chi connectivity index (χ0v) is 16.4. The molecule has 4 rings (SSSR count). The van der Waals surface area contributed by atoms with Gasteiger partial charge in [-0.2, -0.15) is 0 Å². The van der Waals surface area contributed by atoms with Crippen molar-refractivity contribution in [2.45, 2.75) is 57.3 Å². The lowest BCUT2D eigenvalue weighted by Gasteiger charge is -2.35. The molecule has 0 saturated carbocycles. The summed E-state index contributed by atoms with van der Waals surface area (Å²) in [6, 6.07) is 6.05. The maximum atomic E-state index is 12.8. The van der Waals surface area contributed by atoms with Crippen molar-refractivity contribution in [1.82, 2.24) is 20.4 Å². The van der Waals surface area contributed by atoms with Crippen LogP contribution in [0.3, 0.4) is 0 Å². The van der Waals surface area contributed by atoms with Crippen molar-refractivity contribution in [3.63, 3.8) is 0 Å². The first kappa shape index (κ1) is 19.1. The lowest BCUT2D eigenvalue weighted by atomic mass is 10.00. The maximum Gasteiger partial charge on any atom is 0.255 e. The van der Waals surface area contributed by atoms with Crippen LogP contribution in [0.15, 0.2) is 18.2 Å². The molecule has 0 bridgehead atoms. The molecular formula is C21H28N4O3. The number of hydrogen-bond acceptors (Lipinski definition) is 5. The van der Waals surface area contributed by atoms with Gasteiger partial charge in [-0.25, -0.2) is 0 Å². The normalized spacial score (nSPS) is 25.8. The van der Waals surface area contributed by atoms with E-state index in [1.807, 2.05) is 19.2 Å². The Balaban J connectivity index is 1.48. The van der Waals surface area contributed by atoms with Crippen LogP contribution < -0.4 is 10.6 Å². The second-order valence-electron chi connectivity index (χ2n) is 8.07. The Hall–Kier alpha value is -2.25. The van der Waals surface area contributed by atoms with Crippen LogP contribution in [0.2, 0.25) is 0 Å². The van der Waals surface area contributed by atoms with E-state index in [1.54, 1.807) is 4.90 Å². The van der Waals surface area contributed by atoms with E-state index in [1.165, 1.54) is 24.8 Å². The first-order valence-corrected chi connectivity index (χ1v) is 10.2. The summed E-state index contributed by atoms with van der Waals surface area (Å²) in [5, 5.41) is 5.65. The molecule has 2 N–H and O–H groups in total. The Morgan fingerprint density at radius 2 is 2.04 bits per heavy atom. The molecule has 1 aromatic carbocycles. The highest BCUT2D eigenvalue weighted by Gasteiger charge is 2.39. The number of nitrogens with one attached hydrogen (secondary N) is 2. The minimum atomic E-state index is -0.553. The van der Waals surface area contributed by atoms with Gasteiger partial charge in [-0.1, -0.05) is 18.6 Å². The molecule has 0 aliphatic carbocycles. The van der Waals surface area contributed by atoms with Crippen molar-refractivity contribution in [2.75, 3.05) is 20.1 Å². The summed E-state index contributed by atoms with van der Waals surface area (Å²) in [6.07, 6.45) is 4.41. The van der Waals surface area contributed by atoms with Crippen molar-refractivity contribution in [2.24, 2.45) is 0 Å². The molecular weight excluding hydrogens is 356 g/mol. The number of nitrogens with zero attached hydrogens (tertiary/aromatic N) is 2. The molecule has 0 aromatic heterocycles. The highest BCUT2D eigenvalue weighted by Crippen LogP contribution is 2.29. The minimum absolute atomic E-state index is 0.109. The third-order valence-corrected chi connectivity index (χ3v) is 6.16. The smallest absolute Gasteiger partial charge is 0.255 e. The fraction of sp³-hybridized carbons (Fsp3) is 0.571. The highest BCUT2D eigenvalue weighted by molar-refractivity contribution is 6.05. The fourth-order valence-electron chi connectivity index (χ4n) is 4.70. The van der Waals surface area contributed by atoms with E-state index < -0.39 is 6.04 Å². The monoisotopic (exact) mass is 384 g/mol. The summed E-state index contributed by atoms with van der Waals surface area (Å²) in [6.45, 7) is 3.41.